The lowest BCUT2D eigenvalue weighted by Gasteiger charge is -2.26. The molecule has 0 bridgehead atoms. The van der Waals surface area contributed by atoms with Crippen LogP contribution in [-0.4, -0.2) is 47.4 Å². The van der Waals surface area contributed by atoms with Gasteiger partial charge in [-0.15, -0.1) is 0 Å². The first-order valence-corrected chi connectivity index (χ1v) is 9.67. The summed E-state index contributed by atoms with van der Waals surface area (Å²) in [7, 11) is 0. The lowest BCUT2D eigenvalue weighted by molar-refractivity contribution is -0.164. The molecule has 0 aromatic heterocycles. The summed E-state index contributed by atoms with van der Waals surface area (Å²) in [5, 5.41) is 4.84. The van der Waals surface area contributed by atoms with E-state index in [2.05, 4.69) is 10.6 Å². The maximum Gasteiger partial charge on any atom is 0.408 e. The SMILES string of the molecule is CC(C)[C@H](NC(=O)OC(C)(C)C)C(=O)OC(=O)[C@@H](NC(=O)OC(C)(C)C)C(C)C. The molecule has 0 radical (unpaired) electrons. The summed E-state index contributed by atoms with van der Waals surface area (Å²) in [5.74, 6) is -2.60. The Morgan fingerprint density at radius 2 is 0.897 bits per heavy atom. The standard InChI is InChI=1S/C20H36N2O7/c1-11(2)13(21-17(25)28-19(5,6)7)15(23)27-16(24)14(12(3)4)22-18(26)29-20(8,9)10/h11-14H,1-10H3,(H,21,25)(H,22,26)/t13-,14-/m0/s1. The Labute approximate surface area is 173 Å². The number of carbonyl (C=O) groups is 4. The maximum atomic E-state index is 12.5. The van der Waals surface area contributed by atoms with Crippen molar-refractivity contribution in [3.63, 3.8) is 0 Å². The molecule has 9 nitrogen and oxygen atoms in total. The van der Waals surface area contributed by atoms with Crippen LogP contribution in [0.5, 0.6) is 0 Å². The van der Waals surface area contributed by atoms with Gasteiger partial charge in [-0.25, -0.2) is 19.2 Å². The number of rotatable bonds is 6. The van der Waals surface area contributed by atoms with E-state index < -0.39 is 47.4 Å². The third-order valence-electron chi connectivity index (χ3n) is 3.39. The van der Waals surface area contributed by atoms with Gasteiger partial charge in [0.1, 0.15) is 23.3 Å². The van der Waals surface area contributed by atoms with Crippen molar-refractivity contribution in [3.8, 4) is 0 Å². The predicted octanol–water partition coefficient (Wildman–Crippen LogP) is 3.15. The molecule has 2 amide bonds. The molecule has 0 fully saturated rings. The molecule has 2 N–H and O–H groups in total. The van der Waals surface area contributed by atoms with Gasteiger partial charge < -0.3 is 24.8 Å². The van der Waals surface area contributed by atoms with E-state index >= 15 is 0 Å². The molecule has 9 heteroatoms. The average molecular weight is 417 g/mol. The summed E-state index contributed by atoms with van der Waals surface area (Å²) >= 11 is 0. The molecule has 0 aromatic rings. The molecule has 0 spiro atoms. The van der Waals surface area contributed by atoms with Gasteiger partial charge >= 0.3 is 24.1 Å². The zero-order chi connectivity index (χ0) is 23.2. The van der Waals surface area contributed by atoms with E-state index in [9.17, 15) is 19.2 Å². The van der Waals surface area contributed by atoms with Crippen LogP contribution in [-0.2, 0) is 23.8 Å². The summed E-state index contributed by atoms with van der Waals surface area (Å²) in [6, 6.07) is -2.19. The van der Waals surface area contributed by atoms with Crippen LogP contribution in [0.15, 0.2) is 0 Å². The normalized spacial score (nSPS) is 14.1. The van der Waals surface area contributed by atoms with Crippen LogP contribution in [0.3, 0.4) is 0 Å². The first kappa shape index (κ1) is 26.7. The van der Waals surface area contributed by atoms with Gasteiger partial charge in [0.05, 0.1) is 0 Å². The maximum absolute atomic E-state index is 12.5. The van der Waals surface area contributed by atoms with Crippen molar-refractivity contribution in [2.45, 2.75) is 92.5 Å². The number of nitrogens with one attached hydrogen (secondary N) is 2. The van der Waals surface area contributed by atoms with Crippen molar-refractivity contribution in [1.29, 1.82) is 0 Å². The zero-order valence-corrected chi connectivity index (χ0v) is 19.2. The van der Waals surface area contributed by atoms with Gasteiger partial charge in [-0.3, -0.25) is 0 Å². The Morgan fingerprint density at radius 3 is 1.10 bits per heavy atom. The second-order valence-electron chi connectivity index (χ2n) is 9.48. The van der Waals surface area contributed by atoms with Crippen LogP contribution in [0, 0.1) is 11.8 Å². The molecule has 168 valence electrons. The van der Waals surface area contributed by atoms with Gasteiger partial charge in [0.2, 0.25) is 0 Å². The topological polar surface area (TPSA) is 120 Å². The van der Waals surface area contributed by atoms with E-state index in [-0.39, 0.29) is 11.8 Å². The van der Waals surface area contributed by atoms with Crippen molar-refractivity contribution in [3.05, 3.63) is 0 Å². The summed E-state index contributed by atoms with van der Waals surface area (Å²) in [5.41, 5.74) is -1.49. The highest BCUT2D eigenvalue weighted by molar-refractivity contribution is 5.93. The minimum absolute atomic E-state index is 0.362. The fourth-order valence-corrected chi connectivity index (χ4v) is 2.09. The highest BCUT2D eigenvalue weighted by Crippen LogP contribution is 2.12. The summed E-state index contributed by atoms with van der Waals surface area (Å²) in [4.78, 5) is 48.9. The Morgan fingerprint density at radius 1 is 0.621 bits per heavy atom. The van der Waals surface area contributed by atoms with E-state index in [1.807, 2.05) is 0 Å². The first-order valence-electron chi connectivity index (χ1n) is 9.67. The minimum atomic E-state index is -1.09. The Hall–Kier alpha value is -2.32. The van der Waals surface area contributed by atoms with Crippen molar-refractivity contribution in [2.24, 2.45) is 11.8 Å². The van der Waals surface area contributed by atoms with Gasteiger partial charge in [-0.2, -0.15) is 0 Å². The molecule has 2 atom stereocenters. The van der Waals surface area contributed by atoms with E-state index in [4.69, 9.17) is 14.2 Å². The summed E-state index contributed by atoms with van der Waals surface area (Å²) in [6.07, 6.45) is -1.60. The van der Waals surface area contributed by atoms with Crippen molar-refractivity contribution in [2.75, 3.05) is 0 Å². The number of ether oxygens (including phenoxy) is 3. The number of esters is 2. The van der Waals surface area contributed by atoms with Crippen LogP contribution in [0.1, 0.15) is 69.2 Å². The Kier molecular flexibility index (Phi) is 9.62. The molecule has 0 unspecified atom stereocenters. The molecule has 0 rings (SSSR count). The fraction of sp³-hybridized carbons (Fsp3) is 0.800. The molecule has 0 saturated carbocycles. The molecule has 0 aromatic carbocycles. The average Bonchev–Trinajstić information content (AvgIpc) is 2.45. The fourth-order valence-electron chi connectivity index (χ4n) is 2.09. The van der Waals surface area contributed by atoms with Gasteiger partial charge in [0.25, 0.3) is 0 Å². The van der Waals surface area contributed by atoms with Crippen LogP contribution in [0.4, 0.5) is 9.59 Å². The summed E-state index contributed by atoms with van der Waals surface area (Å²) < 4.78 is 15.2. The van der Waals surface area contributed by atoms with Crippen LogP contribution >= 0.6 is 0 Å². The number of hydrogen-bond donors (Lipinski definition) is 2. The molecular formula is C20H36N2O7. The van der Waals surface area contributed by atoms with Crippen molar-refractivity contribution >= 4 is 24.1 Å². The van der Waals surface area contributed by atoms with E-state index in [0.717, 1.165) is 0 Å². The molecule has 0 saturated heterocycles. The molecule has 0 heterocycles. The molecule has 0 aliphatic heterocycles. The number of alkyl carbamates (subject to hydrolysis) is 2. The third-order valence-corrected chi connectivity index (χ3v) is 3.39. The number of hydrogen-bond acceptors (Lipinski definition) is 7. The highest BCUT2D eigenvalue weighted by atomic mass is 16.6. The lowest BCUT2D eigenvalue weighted by atomic mass is 10.0. The first-order chi connectivity index (χ1) is 12.9. The number of carbonyl (C=O) groups excluding carboxylic acids is 4. The molecule has 0 aliphatic carbocycles. The Balaban J connectivity index is 5.14. The molecule has 0 aliphatic rings. The van der Waals surface area contributed by atoms with E-state index in [1.54, 1.807) is 69.2 Å². The van der Waals surface area contributed by atoms with Gasteiger partial charge in [-0.05, 0) is 53.4 Å². The van der Waals surface area contributed by atoms with Crippen molar-refractivity contribution in [1.82, 2.24) is 10.6 Å². The second kappa shape index (κ2) is 10.5. The largest absolute Gasteiger partial charge is 0.444 e. The Bertz CT molecular complexity index is 549. The van der Waals surface area contributed by atoms with Gasteiger partial charge in [-0.1, -0.05) is 27.7 Å². The highest BCUT2D eigenvalue weighted by Gasteiger charge is 2.34. The van der Waals surface area contributed by atoms with Crippen LogP contribution in [0.25, 0.3) is 0 Å². The van der Waals surface area contributed by atoms with E-state index in [0.29, 0.717) is 0 Å². The predicted molar refractivity (Wildman–Crippen MR) is 107 cm³/mol. The second-order valence-corrected chi connectivity index (χ2v) is 9.48. The van der Waals surface area contributed by atoms with Gasteiger partial charge in [0, 0.05) is 0 Å². The van der Waals surface area contributed by atoms with Crippen LogP contribution in [0.2, 0.25) is 0 Å². The molecular weight excluding hydrogens is 380 g/mol. The monoisotopic (exact) mass is 416 g/mol. The smallest absolute Gasteiger partial charge is 0.408 e. The molecule has 29 heavy (non-hydrogen) atoms. The lowest BCUT2D eigenvalue weighted by Crippen LogP contribution is -2.51. The van der Waals surface area contributed by atoms with E-state index in [1.165, 1.54) is 0 Å². The summed E-state index contributed by atoms with van der Waals surface area (Å²) in [6.45, 7) is 16.9. The zero-order valence-electron chi connectivity index (χ0n) is 19.2. The minimum Gasteiger partial charge on any atom is -0.444 e. The quantitative estimate of drug-likeness (QED) is 0.388. The third kappa shape index (κ3) is 11.3. The van der Waals surface area contributed by atoms with Gasteiger partial charge in [0.15, 0.2) is 0 Å². The van der Waals surface area contributed by atoms with Crippen molar-refractivity contribution < 1.29 is 33.4 Å². The van der Waals surface area contributed by atoms with Crippen LogP contribution < -0.4 is 10.6 Å². The number of amides is 2.